The summed E-state index contributed by atoms with van der Waals surface area (Å²) >= 11 is 5.91. The number of imidazole rings is 1. The Kier molecular flexibility index (Phi) is 2.13. The highest BCUT2D eigenvalue weighted by Crippen LogP contribution is 2.27. The number of aromatic nitrogens is 3. The van der Waals surface area contributed by atoms with E-state index < -0.39 is 0 Å². The van der Waals surface area contributed by atoms with E-state index in [4.69, 9.17) is 16.0 Å². The van der Waals surface area contributed by atoms with Crippen molar-refractivity contribution in [1.29, 1.82) is 0 Å². The zero-order chi connectivity index (χ0) is 12.8. The van der Waals surface area contributed by atoms with Gasteiger partial charge in [0.15, 0.2) is 0 Å². The fourth-order valence-electron chi connectivity index (χ4n) is 2.24. The van der Waals surface area contributed by atoms with E-state index in [2.05, 4.69) is 9.97 Å². The quantitative estimate of drug-likeness (QED) is 0.528. The summed E-state index contributed by atoms with van der Waals surface area (Å²) in [4.78, 5) is 8.74. The normalized spacial score (nSPS) is 11.4. The van der Waals surface area contributed by atoms with Gasteiger partial charge in [-0.25, -0.2) is 4.98 Å². The van der Waals surface area contributed by atoms with Gasteiger partial charge in [0.1, 0.15) is 18.1 Å². The SMILES string of the molecule is Clc1coc(-n2cnc3cnc4ccccc4c32)c1. The summed E-state index contributed by atoms with van der Waals surface area (Å²) in [5, 5.41) is 1.60. The number of nitrogens with zero attached hydrogens (tertiary/aromatic N) is 3. The van der Waals surface area contributed by atoms with E-state index in [9.17, 15) is 0 Å². The second-order valence-electron chi connectivity index (χ2n) is 4.23. The molecule has 0 spiro atoms. The van der Waals surface area contributed by atoms with Crippen molar-refractivity contribution >= 4 is 33.5 Å². The molecular weight excluding hydrogens is 262 g/mol. The van der Waals surface area contributed by atoms with Crippen LogP contribution in [0.15, 0.2) is 53.5 Å². The number of fused-ring (bicyclic) bond motifs is 3. The van der Waals surface area contributed by atoms with Gasteiger partial charge in [-0.15, -0.1) is 0 Å². The largest absolute Gasteiger partial charge is 0.446 e. The summed E-state index contributed by atoms with van der Waals surface area (Å²) in [6.45, 7) is 0. The minimum Gasteiger partial charge on any atom is -0.446 e. The smallest absolute Gasteiger partial charge is 0.206 e. The minimum absolute atomic E-state index is 0.565. The summed E-state index contributed by atoms with van der Waals surface area (Å²) in [6.07, 6.45) is 4.98. The van der Waals surface area contributed by atoms with Crippen molar-refractivity contribution in [3.63, 3.8) is 0 Å². The first-order valence-corrected chi connectivity index (χ1v) is 6.16. The minimum atomic E-state index is 0.565. The fourth-order valence-corrected chi connectivity index (χ4v) is 2.38. The van der Waals surface area contributed by atoms with Crippen molar-refractivity contribution in [3.8, 4) is 5.88 Å². The zero-order valence-electron chi connectivity index (χ0n) is 9.75. The van der Waals surface area contributed by atoms with Crippen LogP contribution in [0.25, 0.3) is 27.8 Å². The van der Waals surface area contributed by atoms with E-state index in [1.54, 1.807) is 18.6 Å². The third-order valence-electron chi connectivity index (χ3n) is 3.07. The van der Waals surface area contributed by atoms with Gasteiger partial charge >= 0.3 is 0 Å². The van der Waals surface area contributed by atoms with E-state index in [1.165, 1.54) is 6.26 Å². The first-order valence-electron chi connectivity index (χ1n) is 5.78. The second kappa shape index (κ2) is 3.83. The van der Waals surface area contributed by atoms with Crippen LogP contribution < -0.4 is 0 Å². The Labute approximate surface area is 113 Å². The molecule has 0 saturated carbocycles. The lowest BCUT2D eigenvalue weighted by Gasteiger charge is -2.02. The number of halogens is 1. The molecule has 3 aromatic heterocycles. The van der Waals surface area contributed by atoms with Crippen molar-refractivity contribution in [2.24, 2.45) is 0 Å². The number of hydrogen-bond acceptors (Lipinski definition) is 3. The molecule has 3 heterocycles. The summed E-state index contributed by atoms with van der Waals surface area (Å²) in [5.41, 5.74) is 2.72. The molecule has 0 amide bonds. The predicted octanol–water partition coefficient (Wildman–Crippen LogP) is 3.82. The summed E-state index contributed by atoms with van der Waals surface area (Å²) < 4.78 is 7.32. The van der Waals surface area contributed by atoms with Crippen LogP contribution in [0.1, 0.15) is 0 Å². The van der Waals surface area contributed by atoms with Gasteiger partial charge < -0.3 is 4.42 Å². The maximum Gasteiger partial charge on any atom is 0.206 e. The van der Waals surface area contributed by atoms with Crippen LogP contribution in [0.5, 0.6) is 0 Å². The Morgan fingerprint density at radius 2 is 2.00 bits per heavy atom. The maximum absolute atomic E-state index is 5.91. The van der Waals surface area contributed by atoms with Crippen LogP contribution in [-0.4, -0.2) is 14.5 Å². The van der Waals surface area contributed by atoms with Gasteiger partial charge in [0.2, 0.25) is 5.88 Å². The molecule has 0 unspecified atom stereocenters. The third kappa shape index (κ3) is 1.54. The van der Waals surface area contributed by atoms with E-state index in [0.717, 1.165) is 21.9 Å². The lowest BCUT2D eigenvalue weighted by Crippen LogP contribution is -1.90. The average molecular weight is 270 g/mol. The molecule has 0 atom stereocenters. The van der Waals surface area contributed by atoms with Gasteiger partial charge in [0, 0.05) is 11.5 Å². The van der Waals surface area contributed by atoms with E-state index in [0.29, 0.717) is 10.9 Å². The highest BCUT2D eigenvalue weighted by molar-refractivity contribution is 6.30. The molecule has 0 N–H and O–H groups in total. The van der Waals surface area contributed by atoms with Crippen LogP contribution in [0, 0.1) is 0 Å². The molecular formula is C14H8ClN3O. The zero-order valence-corrected chi connectivity index (χ0v) is 10.5. The summed E-state index contributed by atoms with van der Waals surface area (Å²) in [5.74, 6) is 0.642. The Hall–Kier alpha value is -2.33. The van der Waals surface area contributed by atoms with Crippen LogP contribution in [0.4, 0.5) is 0 Å². The molecule has 1 aromatic carbocycles. The Morgan fingerprint density at radius 1 is 1.11 bits per heavy atom. The standard InChI is InChI=1S/C14H8ClN3O/c15-9-5-13(19-7-9)18-8-17-12-6-16-11-4-2-1-3-10(11)14(12)18/h1-8H. The van der Waals surface area contributed by atoms with E-state index in [1.807, 2.05) is 28.8 Å². The van der Waals surface area contributed by atoms with Crippen LogP contribution in [-0.2, 0) is 0 Å². The molecule has 0 bridgehead atoms. The van der Waals surface area contributed by atoms with Gasteiger partial charge in [-0.3, -0.25) is 9.55 Å². The van der Waals surface area contributed by atoms with Gasteiger partial charge in [-0.2, -0.15) is 0 Å². The van der Waals surface area contributed by atoms with E-state index in [-0.39, 0.29) is 0 Å². The van der Waals surface area contributed by atoms with Gasteiger partial charge in [0.25, 0.3) is 0 Å². The molecule has 0 saturated heterocycles. The van der Waals surface area contributed by atoms with Crippen molar-refractivity contribution in [3.05, 3.63) is 54.1 Å². The molecule has 4 nitrogen and oxygen atoms in total. The monoisotopic (exact) mass is 269 g/mol. The molecule has 0 aliphatic rings. The molecule has 4 aromatic rings. The Bertz CT molecular complexity index is 894. The second-order valence-corrected chi connectivity index (χ2v) is 4.66. The molecule has 0 aliphatic carbocycles. The number of furan rings is 1. The molecule has 92 valence electrons. The van der Waals surface area contributed by atoms with Crippen LogP contribution in [0.3, 0.4) is 0 Å². The average Bonchev–Trinajstić information content (AvgIpc) is 3.04. The first-order chi connectivity index (χ1) is 9.33. The highest BCUT2D eigenvalue weighted by Gasteiger charge is 2.11. The van der Waals surface area contributed by atoms with Crippen molar-refractivity contribution in [1.82, 2.24) is 14.5 Å². The van der Waals surface area contributed by atoms with E-state index >= 15 is 0 Å². The number of benzene rings is 1. The molecule has 4 rings (SSSR count). The highest BCUT2D eigenvalue weighted by atomic mass is 35.5. The van der Waals surface area contributed by atoms with Gasteiger partial charge in [0.05, 0.1) is 22.3 Å². The Morgan fingerprint density at radius 3 is 2.84 bits per heavy atom. The topological polar surface area (TPSA) is 43.9 Å². The summed E-state index contributed by atoms with van der Waals surface area (Å²) in [6, 6.07) is 9.70. The van der Waals surface area contributed by atoms with Crippen LogP contribution >= 0.6 is 11.6 Å². The third-order valence-corrected chi connectivity index (χ3v) is 3.27. The van der Waals surface area contributed by atoms with Crippen LogP contribution in [0.2, 0.25) is 5.02 Å². The molecule has 0 radical (unpaired) electrons. The first kappa shape index (κ1) is 10.6. The Balaban J connectivity index is 2.14. The van der Waals surface area contributed by atoms with Crippen molar-refractivity contribution in [2.75, 3.05) is 0 Å². The fraction of sp³-hybridized carbons (Fsp3) is 0. The molecule has 0 fully saturated rings. The lowest BCUT2D eigenvalue weighted by molar-refractivity contribution is 0.542. The molecule has 5 heteroatoms. The molecule has 19 heavy (non-hydrogen) atoms. The number of rotatable bonds is 1. The maximum atomic E-state index is 5.91. The van der Waals surface area contributed by atoms with Crippen molar-refractivity contribution < 1.29 is 4.42 Å². The number of pyridine rings is 1. The summed E-state index contributed by atoms with van der Waals surface area (Å²) in [7, 11) is 0. The number of para-hydroxylation sites is 1. The van der Waals surface area contributed by atoms with Gasteiger partial charge in [-0.05, 0) is 6.07 Å². The number of hydrogen-bond donors (Lipinski definition) is 0. The molecule has 0 aliphatic heterocycles. The van der Waals surface area contributed by atoms with Crippen molar-refractivity contribution in [2.45, 2.75) is 0 Å². The lowest BCUT2D eigenvalue weighted by atomic mass is 10.2. The van der Waals surface area contributed by atoms with Gasteiger partial charge in [-0.1, -0.05) is 29.8 Å². The predicted molar refractivity (Wildman–Crippen MR) is 73.6 cm³/mol.